The SMILES string of the molecule is CC.COC(=O)C1=CC=CC(c2ccc(CNCCc3ccccc3)cc2)S1. The van der Waals surface area contributed by atoms with Gasteiger partial charge in [0.1, 0.15) is 0 Å². The van der Waals surface area contributed by atoms with Gasteiger partial charge in [-0.05, 0) is 35.7 Å². The van der Waals surface area contributed by atoms with E-state index in [-0.39, 0.29) is 11.2 Å². The molecule has 1 atom stereocenters. The summed E-state index contributed by atoms with van der Waals surface area (Å²) in [6.45, 7) is 5.81. The molecule has 0 aromatic heterocycles. The van der Waals surface area contributed by atoms with E-state index in [4.69, 9.17) is 4.74 Å². The van der Waals surface area contributed by atoms with Crippen LogP contribution >= 0.6 is 11.8 Å². The third-order valence-corrected chi connectivity index (χ3v) is 5.48. The number of nitrogens with one attached hydrogen (secondary N) is 1. The lowest BCUT2D eigenvalue weighted by molar-refractivity contribution is -0.135. The van der Waals surface area contributed by atoms with Gasteiger partial charge in [0.05, 0.1) is 17.3 Å². The Bertz CT molecular complexity index is 782. The molecular formula is C24H29NO2S. The summed E-state index contributed by atoms with van der Waals surface area (Å²) in [5.74, 6) is -0.274. The van der Waals surface area contributed by atoms with Crippen molar-refractivity contribution in [2.75, 3.05) is 13.7 Å². The van der Waals surface area contributed by atoms with E-state index >= 15 is 0 Å². The van der Waals surface area contributed by atoms with Crippen LogP contribution in [-0.2, 0) is 22.5 Å². The number of thioether (sulfide) groups is 1. The Hall–Kier alpha value is -2.30. The fourth-order valence-corrected chi connectivity index (χ4v) is 3.86. The van der Waals surface area contributed by atoms with Gasteiger partial charge in [0.25, 0.3) is 0 Å². The molecule has 0 saturated heterocycles. The molecule has 3 rings (SSSR count). The van der Waals surface area contributed by atoms with Gasteiger partial charge in [-0.25, -0.2) is 4.79 Å². The fourth-order valence-electron chi connectivity index (χ4n) is 2.79. The first-order valence-electron chi connectivity index (χ1n) is 9.73. The molecule has 4 heteroatoms. The molecule has 0 aliphatic carbocycles. The van der Waals surface area contributed by atoms with Gasteiger partial charge in [-0.3, -0.25) is 0 Å². The number of hydrogen-bond acceptors (Lipinski definition) is 4. The van der Waals surface area contributed by atoms with Crippen molar-refractivity contribution in [1.29, 1.82) is 0 Å². The molecule has 148 valence electrons. The van der Waals surface area contributed by atoms with Gasteiger partial charge >= 0.3 is 5.97 Å². The molecule has 0 saturated carbocycles. The van der Waals surface area contributed by atoms with Crippen molar-refractivity contribution in [2.45, 2.75) is 32.1 Å². The molecule has 0 bridgehead atoms. The van der Waals surface area contributed by atoms with Gasteiger partial charge in [-0.15, -0.1) is 11.8 Å². The van der Waals surface area contributed by atoms with Crippen molar-refractivity contribution in [3.63, 3.8) is 0 Å². The van der Waals surface area contributed by atoms with Crippen molar-refractivity contribution >= 4 is 17.7 Å². The molecule has 1 aliphatic rings. The highest BCUT2D eigenvalue weighted by Gasteiger charge is 2.19. The van der Waals surface area contributed by atoms with E-state index in [2.05, 4.69) is 59.9 Å². The van der Waals surface area contributed by atoms with Crippen molar-refractivity contribution in [3.05, 3.63) is 94.4 Å². The normalized spacial score (nSPS) is 15.2. The third kappa shape index (κ3) is 6.70. The van der Waals surface area contributed by atoms with Crippen LogP contribution in [0.5, 0.6) is 0 Å². The first-order valence-corrected chi connectivity index (χ1v) is 10.6. The summed E-state index contributed by atoms with van der Waals surface area (Å²) in [5.41, 5.74) is 3.80. The molecule has 2 aromatic rings. The standard InChI is InChI=1S/C22H23NO2S.C2H6/c1-25-22(24)21-9-5-8-20(26-21)19-12-10-18(11-13-19)16-23-15-14-17-6-3-2-4-7-17;1-2/h2-13,20,23H,14-16H2,1H3;1-2H3. The average Bonchev–Trinajstić information content (AvgIpc) is 2.79. The summed E-state index contributed by atoms with van der Waals surface area (Å²) in [5, 5.41) is 3.64. The summed E-state index contributed by atoms with van der Waals surface area (Å²) in [6.07, 6.45) is 6.86. The Kier molecular flexibility index (Phi) is 9.60. The predicted molar refractivity (Wildman–Crippen MR) is 119 cm³/mol. The van der Waals surface area contributed by atoms with Gasteiger partial charge in [-0.1, -0.05) is 80.6 Å². The lowest BCUT2D eigenvalue weighted by Crippen LogP contribution is -2.16. The number of methoxy groups -OCH3 is 1. The Morgan fingerprint density at radius 2 is 1.75 bits per heavy atom. The lowest BCUT2D eigenvalue weighted by atomic mass is 10.1. The maximum Gasteiger partial charge on any atom is 0.344 e. The molecule has 1 aliphatic heterocycles. The minimum atomic E-state index is -0.274. The zero-order valence-corrected chi connectivity index (χ0v) is 17.7. The van der Waals surface area contributed by atoms with E-state index in [1.807, 2.05) is 26.0 Å². The van der Waals surface area contributed by atoms with Gasteiger partial charge in [0.2, 0.25) is 0 Å². The molecule has 28 heavy (non-hydrogen) atoms. The number of carbonyl (C=O) groups is 1. The fraction of sp³-hybridized carbons (Fsp3) is 0.292. The first-order chi connectivity index (χ1) is 13.8. The number of benzene rings is 2. The van der Waals surface area contributed by atoms with Crippen LogP contribution in [-0.4, -0.2) is 19.6 Å². The Morgan fingerprint density at radius 3 is 2.43 bits per heavy atom. The first kappa shape index (κ1) is 22.0. The van der Waals surface area contributed by atoms with Crippen LogP contribution in [0.4, 0.5) is 0 Å². The number of ether oxygens (including phenoxy) is 1. The molecule has 0 radical (unpaired) electrons. The van der Waals surface area contributed by atoms with E-state index in [0.717, 1.165) is 19.5 Å². The van der Waals surface area contributed by atoms with Crippen molar-refractivity contribution < 1.29 is 9.53 Å². The highest BCUT2D eigenvalue weighted by Crippen LogP contribution is 2.39. The van der Waals surface area contributed by atoms with Crippen LogP contribution in [0.2, 0.25) is 0 Å². The maximum atomic E-state index is 11.7. The van der Waals surface area contributed by atoms with Crippen molar-refractivity contribution in [3.8, 4) is 0 Å². The molecule has 1 heterocycles. The molecule has 0 spiro atoms. The van der Waals surface area contributed by atoms with E-state index < -0.39 is 0 Å². The number of carbonyl (C=O) groups excluding carboxylic acids is 1. The minimum absolute atomic E-state index is 0.147. The largest absolute Gasteiger partial charge is 0.465 e. The second kappa shape index (κ2) is 12.2. The van der Waals surface area contributed by atoms with Gasteiger partial charge in [0.15, 0.2) is 0 Å². The molecular weight excluding hydrogens is 366 g/mol. The van der Waals surface area contributed by atoms with Crippen molar-refractivity contribution in [2.24, 2.45) is 0 Å². The monoisotopic (exact) mass is 395 g/mol. The van der Waals surface area contributed by atoms with Crippen LogP contribution in [0.1, 0.15) is 35.8 Å². The van der Waals surface area contributed by atoms with Crippen LogP contribution in [0.25, 0.3) is 0 Å². The molecule has 0 amide bonds. The minimum Gasteiger partial charge on any atom is -0.465 e. The Labute approximate surface area is 172 Å². The molecule has 1 unspecified atom stereocenters. The molecule has 2 aromatic carbocycles. The smallest absolute Gasteiger partial charge is 0.344 e. The zero-order chi connectivity index (χ0) is 20.2. The van der Waals surface area contributed by atoms with Crippen LogP contribution in [0, 0.1) is 0 Å². The topological polar surface area (TPSA) is 38.3 Å². The van der Waals surface area contributed by atoms with Crippen LogP contribution in [0.3, 0.4) is 0 Å². The van der Waals surface area contributed by atoms with E-state index in [1.165, 1.54) is 35.6 Å². The summed E-state index contributed by atoms with van der Waals surface area (Å²) in [7, 11) is 1.41. The third-order valence-electron chi connectivity index (χ3n) is 4.24. The van der Waals surface area contributed by atoms with E-state index in [0.29, 0.717) is 4.91 Å². The summed E-state index contributed by atoms with van der Waals surface area (Å²) in [4.78, 5) is 12.3. The number of rotatable bonds is 7. The maximum absolute atomic E-state index is 11.7. The lowest BCUT2D eigenvalue weighted by Gasteiger charge is -2.17. The Morgan fingerprint density at radius 1 is 1.04 bits per heavy atom. The number of hydrogen-bond donors (Lipinski definition) is 1. The van der Waals surface area contributed by atoms with Crippen molar-refractivity contribution in [1.82, 2.24) is 5.32 Å². The van der Waals surface area contributed by atoms with Crippen LogP contribution in [0.15, 0.2) is 77.7 Å². The Balaban J connectivity index is 0.00000136. The zero-order valence-electron chi connectivity index (χ0n) is 16.9. The van der Waals surface area contributed by atoms with Gasteiger partial charge in [0, 0.05) is 6.54 Å². The van der Waals surface area contributed by atoms with Crippen LogP contribution < -0.4 is 5.32 Å². The van der Waals surface area contributed by atoms with Gasteiger partial charge in [-0.2, -0.15) is 0 Å². The van der Waals surface area contributed by atoms with E-state index in [9.17, 15) is 4.79 Å². The number of allylic oxidation sites excluding steroid dienone is 2. The molecule has 0 fully saturated rings. The highest BCUT2D eigenvalue weighted by atomic mass is 32.2. The summed E-state index contributed by atoms with van der Waals surface area (Å²) in [6, 6.07) is 19.1. The average molecular weight is 396 g/mol. The summed E-state index contributed by atoms with van der Waals surface area (Å²) < 4.78 is 4.81. The predicted octanol–water partition coefficient (Wildman–Crippen LogP) is 5.45. The molecule has 3 nitrogen and oxygen atoms in total. The van der Waals surface area contributed by atoms with E-state index in [1.54, 1.807) is 6.08 Å². The molecule has 1 N–H and O–H groups in total. The number of esters is 1. The second-order valence-electron chi connectivity index (χ2n) is 6.10. The summed E-state index contributed by atoms with van der Waals surface area (Å²) >= 11 is 1.53. The highest BCUT2D eigenvalue weighted by molar-refractivity contribution is 8.04. The van der Waals surface area contributed by atoms with Gasteiger partial charge < -0.3 is 10.1 Å². The second-order valence-corrected chi connectivity index (χ2v) is 7.28. The quantitative estimate of drug-likeness (QED) is 0.500.